The molecule has 0 fully saturated rings. The molecule has 0 amide bonds. The smallest absolute Gasteiger partial charge is 0.340 e. The summed E-state index contributed by atoms with van der Waals surface area (Å²) in [7, 11) is 0. The van der Waals surface area contributed by atoms with Crippen LogP contribution in [0.5, 0.6) is 0 Å². The second-order valence-electron chi connectivity index (χ2n) is 3.66. The Morgan fingerprint density at radius 1 is 1.53 bits per heavy atom. The maximum absolute atomic E-state index is 11.9. The molecule has 1 aromatic carbocycles. The van der Waals surface area contributed by atoms with Crippen LogP contribution >= 0.6 is 23.4 Å². The first-order valence-electron chi connectivity index (χ1n) is 5.40. The molecule has 1 aromatic heterocycles. The first-order valence-corrected chi connectivity index (χ1v) is 7.00. The van der Waals surface area contributed by atoms with Crippen LogP contribution in [0.4, 0.5) is 0 Å². The summed E-state index contributed by atoms with van der Waals surface area (Å²) >= 11 is 7.49. The molecule has 0 unspecified atom stereocenters. The second-order valence-corrected chi connectivity index (χ2v) is 4.94. The summed E-state index contributed by atoms with van der Waals surface area (Å²) in [5.74, 6) is 0.230. The summed E-state index contributed by atoms with van der Waals surface area (Å²) in [5.41, 5.74) is 0.324. The van der Waals surface area contributed by atoms with Gasteiger partial charge >= 0.3 is 5.97 Å². The molecule has 7 heteroatoms. The van der Waals surface area contributed by atoms with E-state index in [-0.39, 0.29) is 12.5 Å². The number of nitrogens with zero attached hydrogens (tertiary/aromatic N) is 2. The van der Waals surface area contributed by atoms with Gasteiger partial charge in [0, 0.05) is 4.90 Å². The van der Waals surface area contributed by atoms with Crippen molar-refractivity contribution in [3.8, 4) is 0 Å². The standard InChI is InChI=1S/C12H11ClN2O3S/c1-7-14-11(18-15-7)6-17-12(16)9-5-8(19-2)3-4-10(9)13/h3-5H,6H2,1-2H3. The number of aryl methyl sites for hydroxylation is 1. The molecular weight excluding hydrogens is 288 g/mol. The Labute approximate surface area is 119 Å². The third-order valence-electron chi connectivity index (χ3n) is 2.29. The summed E-state index contributed by atoms with van der Waals surface area (Å²) in [4.78, 5) is 16.8. The molecule has 0 spiro atoms. The van der Waals surface area contributed by atoms with Gasteiger partial charge in [-0.2, -0.15) is 4.98 Å². The maximum Gasteiger partial charge on any atom is 0.340 e. The zero-order valence-corrected chi connectivity index (χ0v) is 11.9. The molecule has 0 N–H and O–H groups in total. The van der Waals surface area contributed by atoms with Gasteiger partial charge in [0.05, 0.1) is 10.6 Å². The molecule has 19 heavy (non-hydrogen) atoms. The lowest BCUT2D eigenvalue weighted by molar-refractivity contribution is 0.0429. The third-order valence-corrected chi connectivity index (χ3v) is 3.34. The second kappa shape index (κ2) is 6.08. The fourth-order valence-electron chi connectivity index (χ4n) is 1.39. The van der Waals surface area contributed by atoms with Gasteiger partial charge in [-0.25, -0.2) is 4.79 Å². The highest BCUT2D eigenvalue weighted by Gasteiger charge is 2.14. The number of esters is 1. The molecular formula is C12H11ClN2O3S. The van der Waals surface area contributed by atoms with Crippen LogP contribution in [0, 0.1) is 6.92 Å². The van der Waals surface area contributed by atoms with Gasteiger partial charge in [-0.3, -0.25) is 0 Å². The maximum atomic E-state index is 11.9. The predicted molar refractivity (Wildman–Crippen MR) is 71.4 cm³/mol. The van der Waals surface area contributed by atoms with E-state index in [0.717, 1.165) is 4.90 Å². The number of ether oxygens (including phenoxy) is 1. The molecule has 0 aliphatic rings. The predicted octanol–water partition coefficient (Wildman–Crippen LogP) is 3.11. The molecule has 0 saturated heterocycles. The lowest BCUT2D eigenvalue weighted by atomic mass is 10.2. The fraction of sp³-hybridized carbons (Fsp3) is 0.250. The zero-order valence-electron chi connectivity index (χ0n) is 10.3. The Morgan fingerprint density at radius 3 is 2.95 bits per heavy atom. The van der Waals surface area contributed by atoms with Crippen molar-refractivity contribution < 1.29 is 14.1 Å². The van der Waals surface area contributed by atoms with Gasteiger partial charge in [0.1, 0.15) is 0 Å². The average molecular weight is 299 g/mol. The van der Waals surface area contributed by atoms with Gasteiger partial charge in [0.2, 0.25) is 0 Å². The van der Waals surface area contributed by atoms with E-state index in [1.807, 2.05) is 12.3 Å². The lowest BCUT2D eigenvalue weighted by Gasteiger charge is -2.05. The van der Waals surface area contributed by atoms with Crippen LogP contribution in [-0.2, 0) is 11.3 Å². The molecule has 0 atom stereocenters. The van der Waals surface area contributed by atoms with E-state index in [1.54, 1.807) is 19.1 Å². The molecule has 0 saturated carbocycles. The summed E-state index contributed by atoms with van der Waals surface area (Å²) in [5, 5.41) is 3.96. The van der Waals surface area contributed by atoms with Crippen molar-refractivity contribution in [3.63, 3.8) is 0 Å². The quantitative estimate of drug-likeness (QED) is 0.638. The molecule has 1 heterocycles. The van der Waals surface area contributed by atoms with Crippen molar-refractivity contribution in [1.82, 2.24) is 10.1 Å². The molecule has 0 bridgehead atoms. The van der Waals surface area contributed by atoms with Crippen LogP contribution in [0.1, 0.15) is 22.1 Å². The van der Waals surface area contributed by atoms with Gasteiger partial charge in [0.25, 0.3) is 5.89 Å². The number of hydrogen-bond acceptors (Lipinski definition) is 6. The average Bonchev–Trinajstić information content (AvgIpc) is 2.82. The van der Waals surface area contributed by atoms with Crippen LogP contribution < -0.4 is 0 Å². The first kappa shape index (κ1) is 13.9. The molecule has 0 radical (unpaired) electrons. The van der Waals surface area contributed by atoms with E-state index >= 15 is 0 Å². The third kappa shape index (κ3) is 3.48. The van der Waals surface area contributed by atoms with Gasteiger partial charge in [-0.1, -0.05) is 16.8 Å². The van der Waals surface area contributed by atoms with Crippen LogP contribution in [0.3, 0.4) is 0 Å². The van der Waals surface area contributed by atoms with Crippen LogP contribution in [0.15, 0.2) is 27.6 Å². The van der Waals surface area contributed by atoms with Crippen molar-refractivity contribution >= 4 is 29.3 Å². The summed E-state index contributed by atoms with van der Waals surface area (Å²) in [6.07, 6.45) is 1.92. The van der Waals surface area contributed by atoms with E-state index < -0.39 is 5.97 Å². The molecule has 2 aromatic rings. The molecule has 0 aliphatic heterocycles. The minimum absolute atomic E-state index is 0.0699. The van der Waals surface area contributed by atoms with E-state index in [9.17, 15) is 4.79 Å². The van der Waals surface area contributed by atoms with Gasteiger partial charge < -0.3 is 9.26 Å². The number of rotatable bonds is 4. The number of halogens is 1. The number of benzene rings is 1. The Kier molecular flexibility index (Phi) is 4.44. The Morgan fingerprint density at radius 2 is 2.32 bits per heavy atom. The summed E-state index contributed by atoms with van der Waals surface area (Å²) in [6, 6.07) is 5.19. The molecule has 5 nitrogen and oxygen atoms in total. The molecule has 100 valence electrons. The SMILES string of the molecule is CSc1ccc(Cl)c(C(=O)OCc2nc(C)no2)c1. The minimum Gasteiger partial charge on any atom is -0.452 e. The highest BCUT2D eigenvalue weighted by Crippen LogP contribution is 2.23. The highest BCUT2D eigenvalue weighted by atomic mass is 35.5. The summed E-state index contributed by atoms with van der Waals surface area (Å²) in [6.45, 7) is 1.62. The van der Waals surface area contributed by atoms with E-state index in [4.69, 9.17) is 20.9 Å². The molecule has 2 rings (SSSR count). The highest BCUT2D eigenvalue weighted by molar-refractivity contribution is 7.98. The summed E-state index contributed by atoms with van der Waals surface area (Å²) < 4.78 is 9.93. The topological polar surface area (TPSA) is 65.2 Å². The lowest BCUT2D eigenvalue weighted by Crippen LogP contribution is -2.06. The zero-order chi connectivity index (χ0) is 13.8. The van der Waals surface area contributed by atoms with Crippen molar-refractivity contribution in [2.45, 2.75) is 18.4 Å². The van der Waals surface area contributed by atoms with E-state index in [1.165, 1.54) is 11.8 Å². The Balaban J connectivity index is 2.07. The van der Waals surface area contributed by atoms with Crippen LogP contribution in [0.2, 0.25) is 5.02 Å². The first-order chi connectivity index (χ1) is 9.10. The van der Waals surface area contributed by atoms with Crippen molar-refractivity contribution in [2.75, 3.05) is 6.26 Å². The van der Waals surface area contributed by atoms with Gasteiger partial charge in [-0.05, 0) is 31.4 Å². The van der Waals surface area contributed by atoms with Gasteiger partial charge in [0.15, 0.2) is 12.4 Å². The monoisotopic (exact) mass is 298 g/mol. The van der Waals surface area contributed by atoms with E-state index in [0.29, 0.717) is 16.4 Å². The number of hydrogen-bond donors (Lipinski definition) is 0. The van der Waals surface area contributed by atoms with Crippen LogP contribution in [-0.4, -0.2) is 22.4 Å². The van der Waals surface area contributed by atoms with Crippen molar-refractivity contribution in [2.24, 2.45) is 0 Å². The largest absolute Gasteiger partial charge is 0.452 e. The Hall–Kier alpha value is -1.53. The Bertz CT molecular complexity index is 600. The normalized spacial score (nSPS) is 10.5. The van der Waals surface area contributed by atoms with Crippen molar-refractivity contribution in [1.29, 1.82) is 0 Å². The number of carbonyl (C=O) groups is 1. The van der Waals surface area contributed by atoms with Crippen molar-refractivity contribution in [3.05, 3.63) is 40.5 Å². The van der Waals surface area contributed by atoms with E-state index in [2.05, 4.69) is 10.1 Å². The minimum atomic E-state index is -0.517. The number of carbonyl (C=O) groups excluding carboxylic acids is 1. The van der Waals surface area contributed by atoms with Crippen LogP contribution in [0.25, 0.3) is 0 Å². The number of thioether (sulfide) groups is 1. The molecule has 0 aliphatic carbocycles. The van der Waals surface area contributed by atoms with Gasteiger partial charge in [-0.15, -0.1) is 11.8 Å². The number of aromatic nitrogens is 2. The fourth-order valence-corrected chi connectivity index (χ4v) is 2.03.